The topological polar surface area (TPSA) is 75.7 Å². The number of halogens is 3. The number of alkyl halides is 3. The molecular weight excluding hydrogens is 421 g/mol. The molecule has 0 fully saturated rings. The van der Waals surface area contributed by atoms with Gasteiger partial charge in [0.05, 0.1) is 11.8 Å². The van der Waals surface area contributed by atoms with Crippen molar-refractivity contribution in [2.45, 2.75) is 19.5 Å². The molecule has 0 unspecified atom stereocenters. The molecule has 2 aromatic carbocycles. The zero-order valence-electron chi connectivity index (χ0n) is 16.6. The first kappa shape index (κ1) is 23.7. The maximum absolute atomic E-state index is 12.8. The van der Waals surface area contributed by atoms with Crippen LogP contribution in [0.1, 0.15) is 29.3 Å². The highest BCUT2D eigenvalue weighted by atomic mass is 32.2. The minimum atomic E-state index is -4.48. The number of hydrogen-bond donors (Lipinski definition) is 1. The van der Waals surface area contributed by atoms with E-state index in [0.29, 0.717) is 13.0 Å². The monoisotopic (exact) mass is 444 g/mol. The number of benzene rings is 2. The van der Waals surface area contributed by atoms with E-state index in [4.69, 9.17) is 4.74 Å². The molecule has 30 heavy (non-hydrogen) atoms. The lowest BCUT2D eigenvalue weighted by atomic mass is 10.2. The number of nitrogens with one attached hydrogen (secondary N) is 1. The quantitative estimate of drug-likeness (QED) is 0.596. The van der Waals surface area contributed by atoms with Crippen LogP contribution in [-0.2, 0) is 16.2 Å². The molecule has 0 radical (unpaired) electrons. The van der Waals surface area contributed by atoms with Crippen LogP contribution in [0.3, 0.4) is 0 Å². The molecule has 0 spiro atoms. The molecule has 0 aliphatic carbocycles. The van der Waals surface area contributed by atoms with Gasteiger partial charge in [-0.3, -0.25) is 4.79 Å². The third-order valence-electron chi connectivity index (χ3n) is 4.18. The van der Waals surface area contributed by atoms with Crippen LogP contribution in [0, 0.1) is 0 Å². The van der Waals surface area contributed by atoms with Crippen LogP contribution in [0.5, 0.6) is 11.5 Å². The van der Waals surface area contributed by atoms with Crippen molar-refractivity contribution in [3.05, 3.63) is 59.7 Å². The summed E-state index contributed by atoms with van der Waals surface area (Å²) in [7, 11) is -3.28. The highest BCUT2D eigenvalue weighted by Crippen LogP contribution is 2.32. The number of nitrogens with zero attached hydrogens (tertiary/aromatic N) is 1. The predicted molar refractivity (Wildman–Crippen MR) is 107 cm³/mol. The molecule has 0 atom stereocenters. The van der Waals surface area contributed by atoms with Crippen molar-refractivity contribution in [1.82, 2.24) is 9.62 Å². The van der Waals surface area contributed by atoms with Gasteiger partial charge in [0.1, 0.15) is 11.5 Å². The molecule has 0 bridgehead atoms. The summed E-state index contributed by atoms with van der Waals surface area (Å²) in [6.07, 6.45) is -2.91. The van der Waals surface area contributed by atoms with Crippen molar-refractivity contribution in [2.75, 3.05) is 25.9 Å². The summed E-state index contributed by atoms with van der Waals surface area (Å²) >= 11 is 0. The van der Waals surface area contributed by atoms with E-state index in [-0.39, 0.29) is 30.2 Å². The minimum absolute atomic E-state index is 0.00261. The standard InChI is InChI=1S/C20H23F3N2O4S/c1-3-25(30(2,27)28)12-6-11-24-19(26)15-7-4-9-17(13-15)29-18-10-5-8-16(14-18)20(21,22)23/h4-5,7-10,13-14H,3,6,11-12H2,1-2H3,(H,24,26). The summed E-state index contributed by atoms with van der Waals surface area (Å²) in [5.41, 5.74) is -0.556. The summed E-state index contributed by atoms with van der Waals surface area (Å²) in [5, 5.41) is 2.69. The van der Waals surface area contributed by atoms with Crippen molar-refractivity contribution in [3.8, 4) is 11.5 Å². The molecule has 2 rings (SSSR count). The fraction of sp³-hybridized carbons (Fsp3) is 0.350. The average Bonchev–Trinajstić information content (AvgIpc) is 2.66. The fourth-order valence-corrected chi connectivity index (χ4v) is 3.62. The van der Waals surface area contributed by atoms with Gasteiger partial charge in [-0.05, 0) is 42.8 Å². The van der Waals surface area contributed by atoms with Crippen LogP contribution in [0.25, 0.3) is 0 Å². The third-order valence-corrected chi connectivity index (χ3v) is 5.56. The lowest BCUT2D eigenvalue weighted by molar-refractivity contribution is -0.137. The molecule has 1 N–H and O–H groups in total. The van der Waals surface area contributed by atoms with E-state index in [9.17, 15) is 26.4 Å². The maximum Gasteiger partial charge on any atom is 0.416 e. The number of sulfonamides is 1. The van der Waals surface area contributed by atoms with Crippen LogP contribution < -0.4 is 10.1 Å². The highest BCUT2D eigenvalue weighted by molar-refractivity contribution is 7.88. The van der Waals surface area contributed by atoms with Crippen molar-refractivity contribution < 1.29 is 31.1 Å². The maximum atomic E-state index is 12.8. The minimum Gasteiger partial charge on any atom is -0.457 e. The highest BCUT2D eigenvalue weighted by Gasteiger charge is 2.30. The van der Waals surface area contributed by atoms with Crippen molar-refractivity contribution in [2.24, 2.45) is 0 Å². The number of amides is 1. The lowest BCUT2D eigenvalue weighted by Crippen LogP contribution is -2.33. The van der Waals surface area contributed by atoms with E-state index >= 15 is 0 Å². The smallest absolute Gasteiger partial charge is 0.416 e. The number of hydrogen-bond acceptors (Lipinski definition) is 4. The summed E-state index contributed by atoms with van der Waals surface area (Å²) in [6.45, 7) is 2.63. The molecule has 0 saturated carbocycles. The Morgan fingerprint density at radius 2 is 1.73 bits per heavy atom. The van der Waals surface area contributed by atoms with E-state index in [1.54, 1.807) is 19.1 Å². The molecule has 10 heteroatoms. The largest absolute Gasteiger partial charge is 0.457 e. The summed E-state index contributed by atoms with van der Waals surface area (Å²) in [6, 6.07) is 10.5. The van der Waals surface area contributed by atoms with Crippen molar-refractivity contribution in [1.29, 1.82) is 0 Å². The second kappa shape index (κ2) is 9.94. The molecule has 0 aliphatic rings. The summed E-state index contributed by atoms with van der Waals surface area (Å²) < 4.78 is 68.3. The third kappa shape index (κ3) is 7.03. The van der Waals surface area contributed by atoms with Crippen molar-refractivity contribution >= 4 is 15.9 Å². The first-order chi connectivity index (χ1) is 14.0. The molecule has 164 valence electrons. The van der Waals surface area contributed by atoms with Gasteiger partial charge >= 0.3 is 6.18 Å². The van der Waals surface area contributed by atoms with Gasteiger partial charge in [0.25, 0.3) is 5.91 Å². The van der Waals surface area contributed by atoms with Gasteiger partial charge in [-0.25, -0.2) is 12.7 Å². The number of rotatable bonds is 9. The Labute approximate surface area is 173 Å². The van der Waals surface area contributed by atoms with Gasteiger partial charge in [0.2, 0.25) is 10.0 Å². The number of carbonyl (C=O) groups is 1. The van der Waals surface area contributed by atoms with Gasteiger partial charge in [0.15, 0.2) is 0 Å². The molecule has 6 nitrogen and oxygen atoms in total. The molecule has 0 saturated heterocycles. The SMILES string of the molecule is CCN(CCCNC(=O)c1cccc(Oc2cccc(C(F)(F)F)c2)c1)S(C)(=O)=O. The second-order valence-electron chi connectivity index (χ2n) is 6.52. The van der Waals surface area contributed by atoms with Crippen LogP contribution in [0.4, 0.5) is 13.2 Å². The van der Waals surface area contributed by atoms with Crippen molar-refractivity contribution in [3.63, 3.8) is 0 Å². The average molecular weight is 444 g/mol. The van der Waals surface area contributed by atoms with Gasteiger partial charge in [0, 0.05) is 25.2 Å². The summed E-state index contributed by atoms with van der Waals surface area (Å²) in [5.74, 6) is -0.175. The van der Waals surface area contributed by atoms with E-state index in [0.717, 1.165) is 18.4 Å². The Kier molecular flexibility index (Phi) is 7.85. The lowest BCUT2D eigenvalue weighted by Gasteiger charge is -2.17. The Hall–Kier alpha value is -2.59. The van der Waals surface area contributed by atoms with E-state index in [1.807, 2.05) is 0 Å². The molecule has 0 heterocycles. The van der Waals surface area contributed by atoms with E-state index in [1.165, 1.54) is 28.6 Å². The van der Waals surface area contributed by atoms with Crippen LogP contribution in [0.2, 0.25) is 0 Å². The Bertz CT molecular complexity index is 978. The molecule has 0 aromatic heterocycles. The molecular formula is C20H23F3N2O4S. The van der Waals surface area contributed by atoms with Gasteiger partial charge in [-0.1, -0.05) is 19.1 Å². The van der Waals surface area contributed by atoms with Gasteiger partial charge < -0.3 is 10.1 Å². The Morgan fingerprint density at radius 1 is 1.10 bits per heavy atom. The zero-order valence-corrected chi connectivity index (χ0v) is 17.4. The van der Waals surface area contributed by atoms with Gasteiger partial charge in [-0.2, -0.15) is 13.2 Å². The molecule has 2 aromatic rings. The fourth-order valence-electron chi connectivity index (χ4n) is 2.69. The first-order valence-electron chi connectivity index (χ1n) is 9.19. The normalized spacial score (nSPS) is 12.1. The zero-order chi connectivity index (χ0) is 22.4. The predicted octanol–water partition coefficient (Wildman–Crippen LogP) is 3.90. The Balaban J connectivity index is 1.96. The van der Waals surface area contributed by atoms with Gasteiger partial charge in [-0.15, -0.1) is 0 Å². The Morgan fingerprint density at radius 3 is 2.33 bits per heavy atom. The number of carbonyl (C=O) groups excluding carboxylic acids is 1. The number of ether oxygens (including phenoxy) is 1. The second-order valence-corrected chi connectivity index (χ2v) is 8.50. The van der Waals surface area contributed by atoms with E-state index in [2.05, 4.69) is 5.32 Å². The van der Waals surface area contributed by atoms with E-state index < -0.39 is 27.7 Å². The van der Waals surface area contributed by atoms with Crippen LogP contribution >= 0.6 is 0 Å². The summed E-state index contributed by atoms with van der Waals surface area (Å²) in [4.78, 5) is 12.3. The molecule has 1 amide bonds. The molecule has 0 aliphatic heterocycles. The van der Waals surface area contributed by atoms with Crippen LogP contribution in [0.15, 0.2) is 48.5 Å². The van der Waals surface area contributed by atoms with Crippen LogP contribution in [-0.4, -0.2) is 44.5 Å². The first-order valence-corrected chi connectivity index (χ1v) is 11.0.